The van der Waals surface area contributed by atoms with Crippen molar-refractivity contribution in [2.24, 2.45) is 0 Å². The van der Waals surface area contributed by atoms with Gasteiger partial charge in [-0.1, -0.05) is 12.1 Å². The zero-order valence-corrected chi connectivity index (χ0v) is 24.2. The van der Waals surface area contributed by atoms with Crippen LogP contribution < -0.4 is 19.5 Å². The zero-order valence-electron chi connectivity index (χ0n) is 23.4. The number of nitrogens with one attached hydrogen (secondary N) is 1. The predicted molar refractivity (Wildman–Crippen MR) is 155 cm³/mol. The van der Waals surface area contributed by atoms with Crippen LogP contribution in [-0.4, -0.2) is 73.4 Å². The van der Waals surface area contributed by atoms with Gasteiger partial charge in [0.25, 0.3) is 11.8 Å². The van der Waals surface area contributed by atoms with E-state index in [9.17, 15) is 24.6 Å². The van der Waals surface area contributed by atoms with Crippen LogP contribution in [0.25, 0.3) is 6.08 Å². The molecule has 1 aliphatic rings. The molecule has 42 heavy (non-hydrogen) atoms. The second kappa shape index (κ2) is 13.8. The van der Waals surface area contributed by atoms with E-state index in [0.29, 0.717) is 47.1 Å². The first-order valence-corrected chi connectivity index (χ1v) is 13.9. The fraction of sp³-hybridized carbons (Fsp3) is 0.300. The zero-order chi connectivity index (χ0) is 30.2. The summed E-state index contributed by atoms with van der Waals surface area (Å²) in [5.41, 5.74) is 0.760. The molecule has 2 heterocycles. The van der Waals surface area contributed by atoms with Crippen molar-refractivity contribution < 1.29 is 43.5 Å². The summed E-state index contributed by atoms with van der Waals surface area (Å²) in [6.45, 7) is 0.291. The number of methoxy groups -OCH3 is 3. The SMILES string of the molecule is COc1cc(OC)c(OC)cc1/C=C/COC(=O)C1CCCN1C(=O)C(NC(=O)c1ccc(O)c(O)c1)c1cccs1. The van der Waals surface area contributed by atoms with E-state index in [1.54, 1.807) is 41.8 Å². The highest BCUT2D eigenvalue weighted by atomic mass is 32.1. The number of phenolic OH excluding ortho intramolecular Hbond substituents is 2. The second-order valence-electron chi connectivity index (χ2n) is 9.30. The molecule has 3 aromatic rings. The van der Waals surface area contributed by atoms with Gasteiger partial charge in [-0.15, -0.1) is 11.3 Å². The van der Waals surface area contributed by atoms with E-state index in [1.807, 2.05) is 0 Å². The Balaban J connectivity index is 1.44. The minimum Gasteiger partial charge on any atom is -0.504 e. The lowest BCUT2D eigenvalue weighted by molar-refractivity contribution is -0.153. The number of rotatable bonds is 11. The van der Waals surface area contributed by atoms with Gasteiger partial charge in [0.15, 0.2) is 23.0 Å². The Morgan fingerprint density at radius 1 is 1.02 bits per heavy atom. The van der Waals surface area contributed by atoms with Crippen LogP contribution in [0, 0.1) is 0 Å². The maximum absolute atomic E-state index is 13.7. The molecule has 1 aliphatic heterocycles. The Labute approximate surface area is 246 Å². The smallest absolute Gasteiger partial charge is 0.329 e. The molecule has 0 spiro atoms. The lowest BCUT2D eigenvalue weighted by Gasteiger charge is -2.27. The van der Waals surface area contributed by atoms with Gasteiger partial charge in [-0.05, 0) is 54.6 Å². The molecule has 0 aliphatic carbocycles. The topological polar surface area (TPSA) is 144 Å². The third kappa shape index (κ3) is 6.77. The molecule has 0 radical (unpaired) electrons. The molecule has 3 N–H and O–H groups in total. The molecule has 1 saturated heterocycles. The van der Waals surface area contributed by atoms with Crippen LogP contribution in [0.2, 0.25) is 0 Å². The van der Waals surface area contributed by atoms with E-state index in [0.717, 1.165) is 6.07 Å². The lowest BCUT2D eigenvalue weighted by atomic mass is 10.1. The van der Waals surface area contributed by atoms with Gasteiger partial charge in [-0.3, -0.25) is 9.59 Å². The van der Waals surface area contributed by atoms with Crippen molar-refractivity contribution in [2.45, 2.75) is 24.9 Å². The van der Waals surface area contributed by atoms with Crippen LogP contribution >= 0.6 is 11.3 Å². The number of aromatic hydroxyl groups is 2. The molecule has 2 aromatic carbocycles. The van der Waals surface area contributed by atoms with Gasteiger partial charge in [-0.25, -0.2) is 4.79 Å². The van der Waals surface area contributed by atoms with Crippen molar-refractivity contribution >= 4 is 35.2 Å². The van der Waals surface area contributed by atoms with Gasteiger partial charge in [0.1, 0.15) is 24.4 Å². The number of phenols is 2. The van der Waals surface area contributed by atoms with Crippen LogP contribution in [0.5, 0.6) is 28.7 Å². The van der Waals surface area contributed by atoms with Gasteiger partial charge in [0.05, 0.1) is 21.3 Å². The maximum atomic E-state index is 13.7. The molecule has 0 bridgehead atoms. The first-order chi connectivity index (χ1) is 20.3. The summed E-state index contributed by atoms with van der Waals surface area (Å²) in [7, 11) is 4.59. The summed E-state index contributed by atoms with van der Waals surface area (Å²) in [6, 6.07) is 8.69. The molecule has 2 unspecified atom stereocenters. The molecule has 4 rings (SSSR count). The van der Waals surface area contributed by atoms with Crippen molar-refractivity contribution in [3.8, 4) is 28.7 Å². The fourth-order valence-corrected chi connectivity index (χ4v) is 5.38. The first-order valence-electron chi connectivity index (χ1n) is 13.1. The number of carbonyl (C=O) groups excluding carboxylic acids is 3. The highest BCUT2D eigenvalue weighted by Crippen LogP contribution is 2.35. The van der Waals surface area contributed by atoms with Crippen LogP contribution in [0.15, 0.2) is 53.9 Å². The molecule has 11 nitrogen and oxygen atoms in total. The van der Waals surface area contributed by atoms with Gasteiger partial charge < -0.3 is 39.4 Å². The average molecular weight is 597 g/mol. The Bertz CT molecular complexity index is 1460. The number of likely N-dealkylation sites (tertiary alicyclic amines) is 1. The van der Waals surface area contributed by atoms with E-state index in [-0.39, 0.29) is 17.9 Å². The number of nitrogens with zero attached hydrogens (tertiary/aromatic N) is 1. The summed E-state index contributed by atoms with van der Waals surface area (Å²) in [5, 5.41) is 23.9. The Hall–Kier alpha value is -4.71. The number of esters is 1. The lowest BCUT2D eigenvalue weighted by Crippen LogP contribution is -2.47. The molecular formula is C30H32N2O9S. The minimum absolute atomic E-state index is 0.0374. The van der Waals surface area contributed by atoms with Crippen molar-refractivity contribution in [3.05, 3.63) is 69.9 Å². The number of amides is 2. The normalized spacial score (nSPS) is 15.3. The second-order valence-corrected chi connectivity index (χ2v) is 10.3. The van der Waals surface area contributed by atoms with E-state index in [2.05, 4.69) is 5.32 Å². The van der Waals surface area contributed by atoms with Crippen LogP contribution in [0.1, 0.15) is 39.7 Å². The standard InChI is InChI=1S/C30H32N2O9S/c1-38-23-17-25(40-3)24(39-2)16-18(23)7-5-13-41-30(37)20-8-4-12-32(20)29(36)27(26-9-6-14-42-26)31-28(35)19-10-11-21(33)22(34)15-19/h5-7,9-11,14-17,20,27,33-34H,4,8,12-13H2,1-3H3,(H,31,35)/b7-5+. The largest absolute Gasteiger partial charge is 0.504 e. The van der Waals surface area contributed by atoms with Gasteiger partial charge in [0.2, 0.25) is 0 Å². The summed E-state index contributed by atoms with van der Waals surface area (Å²) in [4.78, 5) is 41.8. The number of thiophene rings is 1. The van der Waals surface area contributed by atoms with E-state index in [1.165, 1.54) is 49.7 Å². The van der Waals surface area contributed by atoms with E-state index >= 15 is 0 Å². The van der Waals surface area contributed by atoms with Crippen molar-refractivity contribution in [1.29, 1.82) is 0 Å². The first kappa shape index (κ1) is 30.3. The van der Waals surface area contributed by atoms with Gasteiger partial charge in [-0.2, -0.15) is 0 Å². The molecule has 12 heteroatoms. The summed E-state index contributed by atoms with van der Waals surface area (Å²) < 4.78 is 21.6. The van der Waals surface area contributed by atoms with Crippen LogP contribution in [-0.2, 0) is 14.3 Å². The quantitative estimate of drug-likeness (QED) is 0.222. The Morgan fingerprint density at radius 3 is 2.43 bits per heavy atom. The highest BCUT2D eigenvalue weighted by molar-refractivity contribution is 7.10. The molecular weight excluding hydrogens is 564 g/mol. The minimum atomic E-state index is -1.06. The number of hydrogen-bond acceptors (Lipinski definition) is 10. The van der Waals surface area contributed by atoms with E-state index in [4.69, 9.17) is 18.9 Å². The molecule has 0 saturated carbocycles. The number of carbonyl (C=O) groups is 3. The summed E-state index contributed by atoms with van der Waals surface area (Å²) in [5.74, 6) is -0.857. The third-order valence-electron chi connectivity index (χ3n) is 6.75. The Kier molecular flexibility index (Phi) is 9.92. The van der Waals surface area contributed by atoms with Gasteiger partial charge in [0, 0.05) is 28.6 Å². The fourth-order valence-electron chi connectivity index (χ4n) is 4.62. The maximum Gasteiger partial charge on any atom is 0.329 e. The molecule has 2 atom stereocenters. The van der Waals surface area contributed by atoms with Crippen LogP contribution in [0.4, 0.5) is 0 Å². The molecule has 222 valence electrons. The van der Waals surface area contributed by atoms with Crippen molar-refractivity contribution in [3.63, 3.8) is 0 Å². The number of ether oxygens (including phenoxy) is 4. The third-order valence-corrected chi connectivity index (χ3v) is 7.69. The van der Waals surface area contributed by atoms with E-state index < -0.39 is 35.6 Å². The van der Waals surface area contributed by atoms with Crippen LogP contribution in [0.3, 0.4) is 0 Å². The Morgan fingerprint density at radius 2 is 1.76 bits per heavy atom. The summed E-state index contributed by atoms with van der Waals surface area (Å²) >= 11 is 1.29. The number of hydrogen-bond donors (Lipinski definition) is 3. The summed E-state index contributed by atoms with van der Waals surface area (Å²) in [6.07, 6.45) is 4.41. The molecule has 1 fully saturated rings. The monoisotopic (exact) mass is 596 g/mol. The molecule has 1 aromatic heterocycles. The van der Waals surface area contributed by atoms with Crippen molar-refractivity contribution in [1.82, 2.24) is 10.2 Å². The number of benzene rings is 2. The average Bonchev–Trinajstić information content (AvgIpc) is 3.71. The van der Waals surface area contributed by atoms with Gasteiger partial charge >= 0.3 is 5.97 Å². The molecule has 2 amide bonds. The predicted octanol–water partition coefficient (Wildman–Crippen LogP) is 3.90. The highest BCUT2D eigenvalue weighted by Gasteiger charge is 2.39. The van der Waals surface area contributed by atoms with Crippen molar-refractivity contribution in [2.75, 3.05) is 34.5 Å².